The average molecular weight is 678 g/mol. The van der Waals surface area contributed by atoms with Crippen LogP contribution in [0.1, 0.15) is 36.8 Å². The van der Waals surface area contributed by atoms with Gasteiger partial charge in [-0.15, -0.1) is 24.8 Å². The monoisotopic (exact) mass is 676 g/mol. The molecule has 2 heterocycles. The second-order valence-corrected chi connectivity index (χ2v) is 10.2. The Balaban J connectivity index is 0.000000421. The molecular formula is C28H36Cl2F6N4O4. The van der Waals surface area contributed by atoms with Crippen LogP contribution in [0, 0.1) is 0 Å². The number of rotatable bonds is 4. The predicted octanol–water partition coefficient (Wildman–Crippen LogP) is 6.20. The summed E-state index contributed by atoms with van der Waals surface area (Å²) in [7, 11) is 0. The summed E-state index contributed by atoms with van der Waals surface area (Å²) in [5, 5.41) is 0. The third-order valence-corrected chi connectivity index (χ3v) is 6.92. The Hall–Kier alpha value is -2.94. The molecule has 0 spiro atoms. The molecule has 2 saturated heterocycles. The van der Waals surface area contributed by atoms with Gasteiger partial charge in [-0.05, 0) is 36.8 Å². The van der Waals surface area contributed by atoms with Crippen LogP contribution in [0.15, 0.2) is 60.7 Å². The van der Waals surface area contributed by atoms with Crippen molar-refractivity contribution in [1.82, 2.24) is 9.80 Å². The van der Waals surface area contributed by atoms with Gasteiger partial charge in [-0.1, -0.05) is 60.7 Å². The van der Waals surface area contributed by atoms with Crippen LogP contribution < -0.4 is 11.5 Å². The van der Waals surface area contributed by atoms with Crippen LogP contribution >= 0.6 is 24.8 Å². The summed E-state index contributed by atoms with van der Waals surface area (Å²) in [6.45, 7) is -0.183. The lowest BCUT2D eigenvalue weighted by Crippen LogP contribution is -2.55. The molecule has 2 fully saturated rings. The molecule has 2 aromatic rings. The zero-order valence-corrected chi connectivity index (χ0v) is 25.1. The van der Waals surface area contributed by atoms with E-state index in [9.17, 15) is 35.9 Å². The lowest BCUT2D eigenvalue weighted by atomic mass is 9.98. The number of benzene rings is 2. The third kappa shape index (κ3) is 11.9. The first kappa shape index (κ1) is 39.1. The number of carbonyl (C=O) groups is 2. The van der Waals surface area contributed by atoms with Crippen molar-refractivity contribution in [3.63, 3.8) is 0 Å². The zero-order valence-electron chi connectivity index (χ0n) is 23.5. The average Bonchev–Trinajstić information content (AvgIpc) is 2.95. The van der Waals surface area contributed by atoms with E-state index in [-0.39, 0.29) is 64.0 Å². The fourth-order valence-corrected chi connectivity index (χ4v) is 4.65. The van der Waals surface area contributed by atoms with Crippen LogP contribution in [0.25, 0.3) is 0 Å². The number of ether oxygens (including phenoxy) is 2. The maximum absolute atomic E-state index is 13.0. The summed E-state index contributed by atoms with van der Waals surface area (Å²) in [5.41, 5.74) is 12.6. The Labute approximate surface area is 263 Å². The molecule has 0 aliphatic carbocycles. The van der Waals surface area contributed by atoms with Crippen LogP contribution in [0.2, 0.25) is 0 Å². The molecule has 248 valence electrons. The first-order chi connectivity index (χ1) is 19.8. The molecular weight excluding hydrogens is 641 g/mol. The minimum absolute atomic E-state index is 0. The maximum atomic E-state index is 13.0. The molecule has 16 heteroatoms. The quantitative estimate of drug-likeness (QED) is 0.373. The smallest absolute Gasteiger partial charge is 0.410 e. The van der Waals surface area contributed by atoms with Crippen molar-refractivity contribution in [2.45, 2.75) is 75.4 Å². The van der Waals surface area contributed by atoms with Crippen molar-refractivity contribution in [1.29, 1.82) is 0 Å². The van der Waals surface area contributed by atoms with E-state index >= 15 is 0 Å². The highest BCUT2D eigenvalue weighted by molar-refractivity contribution is 5.85. The summed E-state index contributed by atoms with van der Waals surface area (Å²) < 4.78 is 87.8. The Morgan fingerprint density at radius 3 is 1.27 bits per heavy atom. The maximum Gasteiger partial charge on any atom is 0.410 e. The van der Waals surface area contributed by atoms with Gasteiger partial charge in [0.15, 0.2) is 0 Å². The Morgan fingerprint density at radius 2 is 0.977 bits per heavy atom. The molecule has 4 atom stereocenters. The molecule has 0 aromatic heterocycles. The van der Waals surface area contributed by atoms with Gasteiger partial charge in [-0.3, -0.25) is 9.80 Å². The number of alkyl halides is 6. The fraction of sp³-hybridized carbons (Fsp3) is 0.500. The van der Waals surface area contributed by atoms with Crippen molar-refractivity contribution < 1.29 is 45.4 Å². The van der Waals surface area contributed by atoms with Gasteiger partial charge in [-0.2, -0.15) is 26.3 Å². The molecule has 0 bridgehead atoms. The highest BCUT2D eigenvalue weighted by Crippen LogP contribution is 2.33. The number of nitrogens with zero attached hydrogens (tertiary/aromatic N) is 2. The number of hydrogen-bond donors (Lipinski definition) is 2. The summed E-state index contributed by atoms with van der Waals surface area (Å²) in [6.07, 6.45) is -10.8. The van der Waals surface area contributed by atoms with Gasteiger partial charge < -0.3 is 20.9 Å². The number of halogens is 8. The van der Waals surface area contributed by atoms with E-state index in [1.165, 1.54) is 0 Å². The molecule has 2 aromatic carbocycles. The SMILES string of the molecule is Cl.Cl.N[C@@H]1CCN(C(=O)OCc2ccccc2)[C@H](C(F)(F)F)C1.N[C@H]1CCN(C(=O)OCc2ccccc2)[C@@H](C(F)(F)F)C1. The molecule has 0 saturated carbocycles. The highest BCUT2D eigenvalue weighted by Gasteiger charge is 2.49. The minimum atomic E-state index is -4.50. The van der Waals surface area contributed by atoms with Gasteiger partial charge >= 0.3 is 24.5 Å². The molecule has 2 amide bonds. The molecule has 0 unspecified atom stereocenters. The summed E-state index contributed by atoms with van der Waals surface area (Å²) in [4.78, 5) is 25.3. The van der Waals surface area contributed by atoms with Gasteiger partial charge in [-0.25, -0.2) is 9.59 Å². The topological polar surface area (TPSA) is 111 Å². The molecule has 4 N–H and O–H groups in total. The Bertz CT molecular complexity index is 1060. The number of hydrogen-bond acceptors (Lipinski definition) is 6. The van der Waals surface area contributed by atoms with E-state index in [1.807, 2.05) is 0 Å². The van der Waals surface area contributed by atoms with Crippen LogP contribution in [0.3, 0.4) is 0 Å². The normalized spacial score (nSPS) is 21.9. The second-order valence-electron chi connectivity index (χ2n) is 10.2. The third-order valence-electron chi connectivity index (χ3n) is 6.92. The largest absolute Gasteiger partial charge is 0.445 e. The number of nitrogens with two attached hydrogens (primary N) is 2. The van der Waals surface area contributed by atoms with Crippen LogP contribution in [0.5, 0.6) is 0 Å². The van der Waals surface area contributed by atoms with Gasteiger partial charge in [0.25, 0.3) is 0 Å². The summed E-state index contributed by atoms with van der Waals surface area (Å²) in [6, 6.07) is 12.8. The number of likely N-dealkylation sites (tertiary alicyclic amines) is 2. The van der Waals surface area contributed by atoms with Crippen molar-refractivity contribution in [2.24, 2.45) is 11.5 Å². The zero-order chi connectivity index (χ0) is 30.9. The molecule has 0 radical (unpaired) electrons. The van der Waals surface area contributed by atoms with Crippen LogP contribution in [0.4, 0.5) is 35.9 Å². The van der Waals surface area contributed by atoms with Gasteiger partial charge in [0.1, 0.15) is 25.3 Å². The number of piperidine rings is 2. The molecule has 44 heavy (non-hydrogen) atoms. The summed E-state index contributed by atoms with van der Waals surface area (Å²) in [5.74, 6) is 0. The van der Waals surface area contributed by atoms with Crippen molar-refractivity contribution in [2.75, 3.05) is 13.1 Å². The first-order valence-corrected chi connectivity index (χ1v) is 13.3. The van der Waals surface area contributed by atoms with Crippen molar-refractivity contribution in [3.8, 4) is 0 Å². The van der Waals surface area contributed by atoms with Crippen molar-refractivity contribution >= 4 is 37.0 Å². The minimum Gasteiger partial charge on any atom is -0.445 e. The van der Waals surface area contributed by atoms with Gasteiger partial charge in [0.05, 0.1) is 0 Å². The predicted molar refractivity (Wildman–Crippen MR) is 155 cm³/mol. The fourth-order valence-electron chi connectivity index (χ4n) is 4.65. The van der Waals surface area contributed by atoms with E-state index in [1.54, 1.807) is 60.7 Å². The Kier molecular flexibility index (Phi) is 15.6. The molecule has 4 rings (SSSR count). The summed E-state index contributed by atoms with van der Waals surface area (Å²) >= 11 is 0. The number of carbonyl (C=O) groups excluding carboxylic acids is 2. The standard InChI is InChI=1S/2C14H17F3N2O2.2ClH/c2*15-14(16,17)12-8-11(18)6-7-19(12)13(20)21-9-10-4-2-1-3-5-10;;/h2*1-5,11-12H,6-9,18H2;2*1H/t2*11-,12+;;/m10../s1. The van der Waals surface area contributed by atoms with E-state index in [4.69, 9.17) is 20.9 Å². The Morgan fingerprint density at radius 1 is 0.659 bits per heavy atom. The first-order valence-electron chi connectivity index (χ1n) is 13.3. The van der Waals surface area contributed by atoms with Crippen molar-refractivity contribution in [3.05, 3.63) is 71.8 Å². The lowest BCUT2D eigenvalue weighted by Gasteiger charge is -2.38. The van der Waals surface area contributed by atoms with E-state index < -0.39 is 48.7 Å². The van der Waals surface area contributed by atoms with Crippen LogP contribution in [-0.2, 0) is 22.7 Å². The highest BCUT2D eigenvalue weighted by atomic mass is 35.5. The van der Waals surface area contributed by atoms with E-state index in [0.29, 0.717) is 12.8 Å². The molecule has 8 nitrogen and oxygen atoms in total. The van der Waals surface area contributed by atoms with E-state index in [0.717, 1.165) is 20.9 Å². The molecule has 2 aliphatic heterocycles. The number of amides is 2. The van der Waals surface area contributed by atoms with Gasteiger partial charge in [0.2, 0.25) is 0 Å². The molecule has 2 aliphatic rings. The van der Waals surface area contributed by atoms with E-state index in [2.05, 4.69) is 0 Å². The van der Waals surface area contributed by atoms with Gasteiger partial charge in [0, 0.05) is 25.2 Å². The lowest BCUT2D eigenvalue weighted by molar-refractivity contribution is -0.187. The van der Waals surface area contributed by atoms with Crippen LogP contribution in [-0.4, -0.2) is 71.6 Å². The second kappa shape index (κ2) is 17.5.